The summed E-state index contributed by atoms with van der Waals surface area (Å²) in [5, 5.41) is 4.72. The molecule has 0 N–H and O–H groups in total. The lowest BCUT2D eigenvalue weighted by Crippen LogP contribution is -2.32. The first kappa shape index (κ1) is 15.2. The smallest absolute Gasteiger partial charge is 0.153 e. The van der Waals surface area contributed by atoms with Gasteiger partial charge in [0.1, 0.15) is 0 Å². The highest BCUT2D eigenvalue weighted by Crippen LogP contribution is 2.45. The Kier molecular flexibility index (Phi) is 3.80. The minimum absolute atomic E-state index is 0.154. The number of carbonyl (C=O) groups is 1. The monoisotopic (exact) mass is 278 g/mol. The van der Waals surface area contributed by atoms with Crippen LogP contribution < -0.4 is 0 Å². The molecular formula is C16H26N2O2. The van der Waals surface area contributed by atoms with E-state index in [9.17, 15) is 4.79 Å². The Balaban J connectivity index is 2.53. The van der Waals surface area contributed by atoms with E-state index in [1.54, 1.807) is 0 Å². The van der Waals surface area contributed by atoms with Gasteiger partial charge in [-0.3, -0.25) is 9.48 Å². The van der Waals surface area contributed by atoms with Crippen LogP contribution in [0.15, 0.2) is 0 Å². The molecule has 0 amide bonds. The molecular weight excluding hydrogens is 252 g/mol. The Labute approximate surface area is 121 Å². The van der Waals surface area contributed by atoms with E-state index in [-0.39, 0.29) is 17.2 Å². The first-order valence-electron chi connectivity index (χ1n) is 7.51. The minimum Gasteiger partial charge on any atom is -0.367 e. The third-order valence-corrected chi connectivity index (χ3v) is 4.24. The maximum atomic E-state index is 11.4. The number of rotatable bonds is 4. The van der Waals surface area contributed by atoms with Gasteiger partial charge in [-0.25, -0.2) is 0 Å². The van der Waals surface area contributed by atoms with Gasteiger partial charge in [0, 0.05) is 12.1 Å². The highest BCUT2D eigenvalue weighted by molar-refractivity contribution is 5.78. The van der Waals surface area contributed by atoms with E-state index in [1.165, 1.54) is 0 Å². The van der Waals surface area contributed by atoms with Gasteiger partial charge in [-0.15, -0.1) is 0 Å². The molecule has 0 radical (unpaired) electrons. The van der Waals surface area contributed by atoms with Crippen molar-refractivity contribution in [3.05, 3.63) is 17.0 Å². The SMILES string of the molecule is CCc1nn(C2CC(C)(C)OC2(C)C)c(CC)c1C=O. The molecule has 1 unspecified atom stereocenters. The molecule has 1 atom stereocenters. The predicted molar refractivity (Wildman–Crippen MR) is 79.3 cm³/mol. The van der Waals surface area contributed by atoms with E-state index in [0.29, 0.717) is 0 Å². The zero-order valence-corrected chi connectivity index (χ0v) is 13.5. The van der Waals surface area contributed by atoms with Crippen LogP contribution in [0.5, 0.6) is 0 Å². The van der Waals surface area contributed by atoms with Gasteiger partial charge in [-0.1, -0.05) is 13.8 Å². The summed E-state index contributed by atoms with van der Waals surface area (Å²) in [6.45, 7) is 12.6. The number of hydrogen-bond donors (Lipinski definition) is 0. The van der Waals surface area contributed by atoms with Crippen molar-refractivity contribution in [1.82, 2.24) is 9.78 Å². The third-order valence-electron chi connectivity index (χ3n) is 4.24. The van der Waals surface area contributed by atoms with E-state index in [1.807, 2.05) is 6.92 Å². The highest BCUT2D eigenvalue weighted by Gasteiger charge is 2.48. The molecule has 0 bridgehead atoms. The second-order valence-corrected chi connectivity index (χ2v) is 6.76. The van der Waals surface area contributed by atoms with Gasteiger partial charge < -0.3 is 4.74 Å². The van der Waals surface area contributed by atoms with Crippen LogP contribution in [0, 0.1) is 0 Å². The first-order valence-corrected chi connectivity index (χ1v) is 7.51. The fraction of sp³-hybridized carbons (Fsp3) is 0.750. The lowest BCUT2D eigenvalue weighted by atomic mass is 9.94. The molecule has 2 heterocycles. The van der Waals surface area contributed by atoms with Crippen LogP contribution in [0.2, 0.25) is 0 Å². The lowest BCUT2D eigenvalue weighted by Gasteiger charge is -2.28. The fourth-order valence-corrected chi connectivity index (χ4v) is 3.46. The molecule has 4 heteroatoms. The maximum absolute atomic E-state index is 11.4. The van der Waals surface area contributed by atoms with E-state index in [0.717, 1.165) is 42.5 Å². The fourth-order valence-electron chi connectivity index (χ4n) is 3.46. The van der Waals surface area contributed by atoms with Crippen LogP contribution in [-0.4, -0.2) is 27.3 Å². The highest BCUT2D eigenvalue weighted by atomic mass is 16.5. The molecule has 1 aliphatic heterocycles. The minimum atomic E-state index is -0.273. The van der Waals surface area contributed by atoms with E-state index in [2.05, 4.69) is 39.3 Å². The molecule has 1 fully saturated rings. The number of ether oxygens (including phenoxy) is 1. The molecule has 1 saturated heterocycles. The number of nitrogens with zero attached hydrogens (tertiary/aromatic N) is 2. The molecule has 20 heavy (non-hydrogen) atoms. The van der Waals surface area contributed by atoms with Gasteiger partial charge in [0.25, 0.3) is 0 Å². The summed E-state index contributed by atoms with van der Waals surface area (Å²) in [7, 11) is 0. The van der Waals surface area contributed by atoms with E-state index >= 15 is 0 Å². The Hall–Kier alpha value is -1.16. The summed E-state index contributed by atoms with van der Waals surface area (Å²) < 4.78 is 8.22. The van der Waals surface area contributed by atoms with Crippen molar-refractivity contribution in [1.29, 1.82) is 0 Å². The number of aromatic nitrogens is 2. The van der Waals surface area contributed by atoms with Gasteiger partial charge >= 0.3 is 0 Å². The topological polar surface area (TPSA) is 44.1 Å². The second-order valence-electron chi connectivity index (χ2n) is 6.76. The van der Waals surface area contributed by atoms with E-state index in [4.69, 9.17) is 9.84 Å². The number of aldehydes is 1. The number of hydrogen-bond acceptors (Lipinski definition) is 3. The van der Waals surface area contributed by atoms with Crippen molar-refractivity contribution in [3.8, 4) is 0 Å². The van der Waals surface area contributed by atoms with Crippen LogP contribution in [0.3, 0.4) is 0 Å². The standard InChI is InChI=1S/C16H26N2O2/c1-7-12-11(10-19)13(8-2)18(17-12)14-9-15(3,4)20-16(14,5)6/h10,14H,7-9H2,1-6H3. The summed E-state index contributed by atoms with van der Waals surface area (Å²) in [4.78, 5) is 11.4. The normalized spacial score (nSPS) is 24.0. The Morgan fingerprint density at radius 1 is 1.30 bits per heavy atom. The molecule has 1 aromatic heterocycles. The van der Waals surface area contributed by atoms with Crippen molar-refractivity contribution in [3.63, 3.8) is 0 Å². The molecule has 4 nitrogen and oxygen atoms in total. The molecule has 112 valence electrons. The number of carbonyl (C=O) groups excluding carboxylic acids is 1. The molecule has 2 rings (SSSR count). The maximum Gasteiger partial charge on any atom is 0.153 e. The van der Waals surface area contributed by atoms with Gasteiger partial charge in [0.2, 0.25) is 0 Å². The molecule has 1 aliphatic rings. The lowest BCUT2D eigenvalue weighted by molar-refractivity contribution is -0.0739. The summed E-state index contributed by atoms with van der Waals surface area (Å²) >= 11 is 0. The van der Waals surface area contributed by atoms with Crippen molar-refractivity contribution in [2.75, 3.05) is 0 Å². The molecule has 0 saturated carbocycles. The van der Waals surface area contributed by atoms with Gasteiger partial charge in [0.05, 0.1) is 28.5 Å². The third kappa shape index (κ3) is 2.41. The zero-order valence-electron chi connectivity index (χ0n) is 13.5. The summed E-state index contributed by atoms with van der Waals surface area (Å²) in [5.41, 5.74) is 2.28. The first-order chi connectivity index (χ1) is 9.25. The zero-order chi connectivity index (χ0) is 15.1. The van der Waals surface area contributed by atoms with Gasteiger partial charge in [-0.05, 0) is 40.5 Å². The molecule has 0 spiro atoms. The van der Waals surface area contributed by atoms with Crippen LogP contribution >= 0.6 is 0 Å². The second kappa shape index (κ2) is 4.99. The number of aryl methyl sites for hydroxylation is 1. The Morgan fingerprint density at radius 3 is 2.35 bits per heavy atom. The van der Waals surface area contributed by atoms with Crippen LogP contribution in [0.4, 0.5) is 0 Å². The average Bonchev–Trinajstić information content (AvgIpc) is 2.81. The van der Waals surface area contributed by atoms with Crippen molar-refractivity contribution < 1.29 is 9.53 Å². The van der Waals surface area contributed by atoms with Gasteiger partial charge in [0.15, 0.2) is 6.29 Å². The Morgan fingerprint density at radius 2 is 1.95 bits per heavy atom. The Bertz CT molecular complexity index is 515. The largest absolute Gasteiger partial charge is 0.367 e. The van der Waals surface area contributed by atoms with Crippen LogP contribution in [0.1, 0.15) is 75.8 Å². The van der Waals surface area contributed by atoms with Crippen molar-refractivity contribution in [2.24, 2.45) is 0 Å². The summed E-state index contributed by atoms with van der Waals surface area (Å²) in [6, 6.07) is 0.173. The molecule has 1 aromatic rings. The molecule has 0 aliphatic carbocycles. The van der Waals surface area contributed by atoms with Crippen LogP contribution in [-0.2, 0) is 17.6 Å². The van der Waals surface area contributed by atoms with E-state index < -0.39 is 0 Å². The average molecular weight is 278 g/mol. The van der Waals surface area contributed by atoms with Gasteiger partial charge in [-0.2, -0.15) is 5.10 Å². The van der Waals surface area contributed by atoms with Crippen molar-refractivity contribution in [2.45, 2.75) is 78.0 Å². The molecule has 0 aromatic carbocycles. The quantitative estimate of drug-likeness (QED) is 0.793. The predicted octanol–water partition coefficient (Wildman–Crippen LogP) is 3.34. The van der Waals surface area contributed by atoms with Crippen LogP contribution in [0.25, 0.3) is 0 Å². The summed E-state index contributed by atoms with van der Waals surface area (Å²) in [6.07, 6.45) is 3.46. The van der Waals surface area contributed by atoms with Crippen molar-refractivity contribution >= 4 is 6.29 Å². The summed E-state index contributed by atoms with van der Waals surface area (Å²) in [5.74, 6) is 0.